The van der Waals surface area contributed by atoms with Crippen LogP contribution in [0, 0.1) is 6.92 Å². The lowest BCUT2D eigenvalue weighted by Crippen LogP contribution is -2.10. The first-order chi connectivity index (χ1) is 5.74. The zero-order chi connectivity index (χ0) is 9.56. The number of nitrogens with two attached hydrogens (primary N) is 2. The zero-order valence-corrected chi connectivity index (χ0v) is 7.76. The molecular weight excluding hydrogens is 152 g/mol. The number of aryl methyl sites for hydroxylation is 1. The van der Waals surface area contributed by atoms with Crippen LogP contribution < -0.4 is 17.0 Å². The summed E-state index contributed by atoms with van der Waals surface area (Å²) in [7, 11) is 0. The predicted octanol–water partition coefficient (Wildman–Crippen LogP) is 1.28. The van der Waals surface area contributed by atoms with Crippen molar-refractivity contribution in [1.29, 1.82) is 0 Å². The zero-order valence-electron chi connectivity index (χ0n) is 7.76. The van der Waals surface area contributed by atoms with Crippen molar-refractivity contribution in [3.05, 3.63) is 17.8 Å². The minimum atomic E-state index is 0.519. The summed E-state index contributed by atoms with van der Waals surface area (Å²) in [5, 5.41) is 0. The molecule has 0 saturated heterocycles. The van der Waals surface area contributed by atoms with Gasteiger partial charge in [-0.1, -0.05) is 13.8 Å². The van der Waals surface area contributed by atoms with Gasteiger partial charge < -0.3 is 11.2 Å². The van der Waals surface area contributed by atoms with E-state index < -0.39 is 0 Å². The van der Waals surface area contributed by atoms with Gasteiger partial charge in [-0.15, -0.1) is 0 Å². The normalized spacial score (nSPS) is 8.33. The summed E-state index contributed by atoms with van der Waals surface area (Å²) in [5.41, 5.74) is 9.51. The third-order valence-corrected chi connectivity index (χ3v) is 1.19. The van der Waals surface area contributed by atoms with E-state index in [1.807, 2.05) is 26.8 Å². The van der Waals surface area contributed by atoms with Crippen molar-refractivity contribution in [3.8, 4) is 0 Å². The van der Waals surface area contributed by atoms with Crippen LogP contribution in [0.25, 0.3) is 0 Å². The fraction of sp³-hybridized carbons (Fsp3) is 0.375. The number of aromatic nitrogens is 1. The highest BCUT2D eigenvalue weighted by molar-refractivity contribution is 5.60. The maximum Gasteiger partial charge on any atom is 0.163 e. The van der Waals surface area contributed by atoms with E-state index in [-0.39, 0.29) is 0 Å². The average Bonchev–Trinajstić information content (AvgIpc) is 2.08. The van der Waals surface area contributed by atoms with Crippen molar-refractivity contribution in [3.63, 3.8) is 0 Å². The van der Waals surface area contributed by atoms with Gasteiger partial charge in [0.1, 0.15) is 0 Å². The summed E-state index contributed by atoms with van der Waals surface area (Å²) in [6, 6.07) is 1.81. The van der Waals surface area contributed by atoms with Crippen molar-refractivity contribution in [1.82, 2.24) is 4.98 Å². The second-order valence-electron chi connectivity index (χ2n) is 2.09. The third-order valence-electron chi connectivity index (χ3n) is 1.19. The molecule has 0 fully saturated rings. The Morgan fingerprint density at radius 2 is 2.00 bits per heavy atom. The Morgan fingerprint density at radius 1 is 1.42 bits per heavy atom. The molecule has 4 nitrogen and oxygen atoms in total. The first-order valence-electron chi connectivity index (χ1n) is 3.93. The van der Waals surface area contributed by atoms with Gasteiger partial charge in [-0.25, -0.2) is 10.8 Å². The quantitative estimate of drug-likeness (QED) is 0.436. The number of nitrogens with one attached hydrogen (secondary N) is 1. The maximum atomic E-state index is 5.53. The second-order valence-corrected chi connectivity index (χ2v) is 2.09. The van der Waals surface area contributed by atoms with Gasteiger partial charge >= 0.3 is 0 Å². The predicted molar refractivity (Wildman–Crippen MR) is 52.5 cm³/mol. The van der Waals surface area contributed by atoms with E-state index in [9.17, 15) is 0 Å². The molecule has 5 N–H and O–H groups in total. The van der Waals surface area contributed by atoms with Gasteiger partial charge in [-0.05, 0) is 18.6 Å². The largest absolute Gasteiger partial charge is 0.396 e. The van der Waals surface area contributed by atoms with Crippen molar-refractivity contribution < 1.29 is 0 Å². The number of hydrogen-bond acceptors (Lipinski definition) is 4. The molecule has 0 atom stereocenters. The molecule has 4 heteroatoms. The molecule has 0 aliphatic rings. The minimum absolute atomic E-state index is 0.519. The Bertz CT molecular complexity index is 234. The van der Waals surface area contributed by atoms with E-state index in [4.69, 9.17) is 11.6 Å². The van der Waals surface area contributed by atoms with Gasteiger partial charge in [-0.3, -0.25) is 0 Å². The Labute approximate surface area is 73.0 Å². The molecule has 0 aliphatic heterocycles. The molecule has 0 amide bonds. The van der Waals surface area contributed by atoms with E-state index in [0.29, 0.717) is 11.5 Å². The van der Waals surface area contributed by atoms with Gasteiger partial charge in [0, 0.05) is 6.20 Å². The van der Waals surface area contributed by atoms with Crippen LogP contribution in [0.15, 0.2) is 12.3 Å². The molecule has 0 unspecified atom stereocenters. The SMILES string of the molecule is CC.Cc1cnc(NN)c(N)c1. The van der Waals surface area contributed by atoms with Gasteiger partial charge in [0.15, 0.2) is 5.82 Å². The fourth-order valence-corrected chi connectivity index (χ4v) is 0.712. The van der Waals surface area contributed by atoms with Crippen LogP contribution in [0.4, 0.5) is 11.5 Å². The number of hydrazine groups is 1. The molecule has 1 heterocycles. The van der Waals surface area contributed by atoms with Crippen LogP contribution in [0.2, 0.25) is 0 Å². The minimum Gasteiger partial charge on any atom is -0.396 e. The van der Waals surface area contributed by atoms with Crippen molar-refractivity contribution in [2.45, 2.75) is 20.8 Å². The van der Waals surface area contributed by atoms with Crippen molar-refractivity contribution in [2.24, 2.45) is 5.84 Å². The molecule has 0 radical (unpaired) electrons. The summed E-state index contributed by atoms with van der Waals surface area (Å²) in [5.74, 6) is 5.63. The first-order valence-corrected chi connectivity index (χ1v) is 3.93. The van der Waals surface area contributed by atoms with E-state index in [2.05, 4.69) is 10.4 Å². The number of nitrogen functional groups attached to an aromatic ring is 2. The number of anilines is 2. The van der Waals surface area contributed by atoms with Gasteiger partial charge in [-0.2, -0.15) is 0 Å². The third kappa shape index (κ3) is 2.75. The second kappa shape index (κ2) is 5.37. The lowest BCUT2D eigenvalue weighted by molar-refractivity contribution is 1.21. The monoisotopic (exact) mass is 168 g/mol. The van der Waals surface area contributed by atoms with Crippen molar-refractivity contribution in [2.75, 3.05) is 11.2 Å². The van der Waals surface area contributed by atoms with E-state index >= 15 is 0 Å². The lowest BCUT2D eigenvalue weighted by atomic mass is 10.3. The highest BCUT2D eigenvalue weighted by Gasteiger charge is 1.95. The Morgan fingerprint density at radius 3 is 2.42 bits per heavy atom. The van der Waals surface area contributed by atoms with Crippen LogP contribution in [0.5, 0.6) is 0 Å². The molecule has 0 bridgehead atoms. The number of hydrogen-bond donors (Lipinski definition) is 3. The van der Waals surface area contributed by atoms with Gasteiger partial charge in [0.2, 0.25) is 0 Å². The fourth-order valence-electron chi connectivity index (χ4n) is 0.712. The van der Waals surface area contributed by atoms with Crippen LogP contribution >= 0.6 is 0 Å². The van der Waals surface area contributed by atoms with Crippen molar-refractivity contribution >= 4 is 11.5 Å². The van der Waals surface area contributed by atoms with E-state index in [1.165, 1.54) is 0 Å². The van der Waals surface area contributed by atoms with Crippen LogP contribution in [0.1, 0.15) is 19.4 Å². The van der Waals surface area contributed by atoms with Crippen LogP contribution in [-0.2, 0) is 0 Å². The highest BCUT2D eigenvalue weighted by atomic mass is 15.3. The first kappa shape index (κ1) is 10.7. The standard InChI is InChI=1S/C6H10N4.C2H6/c1-4-2-5(7)6(10-8)9-3-4;1-2/h2-3H,7-8H2,1H3,(H,9,10);1-2H3. The molecule has 0 aliphatic carbocycles. The lowest BCUT2D eigenvalue weighted by Gasteiger charge is -2.02. The van der Waals surface area contributed by atoms with E-state index in [1.54, 1.807) is 6.20 Å². The van der Waals surface area contributed by atoms with Gasteiger partial charge in [0.25, 0.3) is 0 Å². The summed E-state index contributed by atoms with van der Waals surface area (Å²) in [4.78, 5) is 3.94. The van der Waals surface area contributed by atoms with Gasteiger partial charge in [0.05, 0.1) is 5.69 Å². The Kier molecular flexibility index (Phi) is 4.79. The van der Waals surface area contributed by atoms with Crippen LogP contribution in [0.3, 0.4) is 0 Å². The topological polar surface area (TPSA) is 77.0 Å². The molecular formula is C8H16N4. The number of rotatable bonds is 1. The summed E-state index contributed by atoms with van der Waals surface area (Å²) >= 11 is 0. The summed E-state index contributed by atoms with van der Waals surface area (Å²) < 4.78 is 0. The smallest absolute Gasteiger partial charge is 0.163 e. The molecule has 0 saturated carbocycles. The highest BCUT2D eigenvalue weighted by Crippen LogP contribution is 2.13. The molecule has 1 aromatic heterocycles. The van der Waals surface area contributed by atoms with E-state index in [0.717, 1.165) is 5.56 Å². The molecule has 1 rings (SSSR count). The summed E-state index contributed by atoms with van der Waals surface area (Å²) in [6.45, 7) is 5.92. The summed E-state index contributed by atoms with van der Waals surface area (Å²) in [6.07, 6.45) is 1.70. The Hall–Kier alpha value is -1.29. The molecule has 0 aromatic carbocycles. The number of nitrogens with zero attached hydrogens (tertiary/aromatic N) is 1. The number of pyridine rings is 1. The molecule has 12 heavy (non-hydrogen) atoms. The van der Waals surface area contributed by atoms with Crippen LogP contribution in [-0.4, -0.2) is 4.98 Å². The average molecular weight is 168 g/mol. The molecule has 0 spiro atoms. The Balaban J connectivity index is 0.000000561. The molecule has 1 aromatic rings. The maximum absolute atomic E-state index is 5.53. The molecule has 68 valence electrons.